The Labute approximate surface area is 164 Å². The lowest BCUT2D eigenvalue weighted by Crippen LogP contribution is -2.05. The molecule has 2 nitrogen and oxygen atoms in total. The van der Waals surface area contributed by atoms with E-state index in [0.29, 0.717) is 13.0 Å². The second-order valence-corrected chi connectivity index (χ2v) is 7.98. The molecule has 0 N–H and O–H groups in total. The highest BCUT2D eigenvalue weighted by Gasteiger charge is 2.02. The maximum absolute atomic E-state index is 11.7. The van der Waals surface area contributed by atoms with Crippen LogP contribution in [0.2, 0.25) is 0 Å². The summed E-state index contributed by atoms with van der Waals surface area (Å²) in [5.41, 5.74) is 0. The number of carbonyl (C=O) groups is 1. The van der Waals surface area contributed by atoms with E-state index in [2.05, 4.69) is 13.8 Å². The highest BCUT2D eigenvalue weighted by Crippen LogP contribution is 2.12. The molecule has 0 aliphatic heterocycles. The molecule has 0 aromatic carbocycles. The van der Waals surface area contributed by atoms with E-state index in [1.165, 1.54) is 109 Å². The maximum atomic E-state index is 11.7. The van der Waals surface area contributed by atoms with Gasteiger partial charge in [-0.1, -0.05) is 123 Å². The molecule has 2 heteroatoms. The minimum Gasteiger partial charge on any atom is -0.466 e. The van der Waals surface area contributed by atoms with Gasteiger partial charge in [-0.3, -0.25) is 4.79 Å². The zero-order chi connectivity index (χ0) is 19.1. The van der Waals surface area contributed by atoms with Gasteiger partial charge in [0.15, 0.2) is 0 Å². The molecule has 0 unspecified atom stereocenters. The fourth-order valence-electron chi connectivity index (χ4n) is 3.43. The number of hydrogen-bond acceptors (Lipinski definition) is 2. The van der Waals surface area contributed by atoms with Gasteiger partial charge in [-0.25, -0.2) is 0 Å². The summed E-state index contributed by atoms with van der Waals surface area (Å²) in [6, 6.07) is 0. The summed E-state index contributed by atoms with van der Waals surface area (Å²) >= 11 is 0. The van der Waals surface area contributed by atoms with Crippen LogP contribution in [0.25, 0.3) is 0 Å². The van der Waals surface area contributed by atoms with Crippen LogP contribution < -0.4 is 0 Å². The Morgan fingerprint density at radius 2 is 0.846 bits per heavy atom. The summed E-state index contributed by atoms with van der Waals surface area (Å²) in [6.07, 6.45) is 25.5. The summed E-state index contributed by atoms with van der Waals surface area (Å²) in [5.74, 6) is 0.0175. The van der Waals surface area contributed by atoms with Gasteiger partial charge in [0.1, 0.15) is 0 Å². The van der Waals surface area contributed by atoms with Crippen molar-refractivity contribution in [3.05, 3.63) is 0 Å². The minimum atomic E-state index is 0.0175. The summed E-state index contributed by atoms with van der Waals surface area (Å²) in [4.78, 5) is 11.7. The Kier molecular flexibility index (Phi) is 22.1. The Morgan fingerprint density at radius 1 is 0.500 bits per heavy atom. The van der Waals surface area contributed by atoms with Gasteiger partial charge in [-0.05, 0) is 12.8 Å². The van der Waals surface area contributed by atoms with Crippen molar-refractivity contribution in [2.24, 2.45) is 0 Å². The highest BCUT2D eigenvalue weighted by molar-refractivity contribution is 5.69. The molecular weight excluding hydrogens is 320 g/mol. The quantitative estimate of drug-likeness (QED) is 0.150. The number of unbranched alkanes of at least 4 members (excludes halogenated alkanes) is 17. The first kappa shape index (κ1) is 25.5. The molecule has 0 aromatic rings. The molecule has 0 aliphatic rings. The van der Waals surface area contributed by atoms with E-state index >= 15 is 0 Å². The van der Waals surface area contributed by atoms with Crippen molar-refractivity contribution >= 4 is 5.97 Å². The second kappa shape index (κ2) is 22.5. The van der Waals surface area contributed by atoms with Crippen LogP contribution in [0.5, 0.6) is 0 Å². The first-order chi connectivity index (χ1) is 12.8. The van der Waals surface area contributed by atoms with E-state index in [0.717, 1.165) is 12.8 Å². The van der Waals surface area contributed by atoms with Crippen LogP contribution in [0.1, 0.15) is 142 Å². The fraction of sp³-hybridized carbons (Fsp3) is 0.958. The molecule has 0 aromatic heterocycles. The Hall–Kier alpha value is -0.530. The maximum Gasteiger partial charge on any atom is 0.305 e. The van der Waals surface area contributed by atoms with Crippen LogP contribution in [0, 0.1) is 0 Å². The molecule has 0 heterocycles. The highest BCUT2D eigenvalue weighted by atomic mass is 16.5. The van der Waals surface area contributed by atoms with Crippen LogP contribution >= 0.6 is 0 Å². The van der Waals surface area contributed by atoms with Gasteiger partial charge in [0, 0.05) is 6.42 Å². The smallest absolute Gasteiger partial charge is 0.305 e. The predicted octanol–water partition coefficient (Wildman–Crippen LogP) is 8.37. The van der Waals surface area contributed by atoms with Crippen LogP contribution in [0.15, 0.2) is 0 Å². The molecule has 26 heavy (non-hydrogen) atoms. The van der Waals surface area contributed by atoms with Gasteiger partial charge >= 0.3 is 5.97 Å². The summed E-state index contributed by atoms with van der Waals surface area (Å²) in [7, 11) is 0. The number of ether oxygens (including phenoxy) is 1. The van der Waals surface area contributed by atoms with Crippen LogP contribution in [-0.4, -0.2) is 12.6 Å². The third-order valence-corrected chi connectivity index (χ3v) is 5.25. The second-order valence-electron chi connectivity index (χ2n) is 7.98. The number of hydrogen-bond donors (Lipinski definition) is 0. The topological polar surface area (TPSA) is 26.3 Å². The lowest BCUT2D eigenvalue weighted by Gasteiger charge is -2.05. The number of esters is 1. The van der Waals surface area contributed by atoms with Crippen molar-refractivity contribution < 1.29 is 9.53 Å². The molecule has 0 saturated carbocycles. The monoisotopic (exact) mass is 368 g/mol. The number of carbonyl (C=O) groups excluding carboxylic acids is 1. The van der Waals surface area contributed by atoms with Gasteiger partial charge in [0.25, 0.3) is 0 Å². The Balaban J connectivity index is 3.13. The average Bonchev–Trinajstić information content (AvgIpc) is 2.64. The third kappa shape index (κ3) is 21.5. The first-order valence-corrected chi connectivity index (χ1v) is 12.0. The van der Waals surface area contributed by atoms with E-state index in [1.807, 2.05) is 0 Å². The SMILES string of the molecule is CCCCCCCCCCCCCC(=O)OCCCCCCCCCC. The summed E-state index contributed by atoms with van der Waals surface area (Å²) < 4.78 is 5.34. The first-order valence-electron chi connectivity index (χ1n) is 12.0. The van der Waals surface area contributed by atoms with E-state index < -0.39 is 0 Å². The zero-order valence-corrected chi connectivity index (χ0v) is 18.2. The van der Waals surface area contributed by atoms with E-state index in [9.17, 15) is 4.79 Å². The van der Waals surface area contributed by atoms with Crippen molar-refractivity contribution in [3.63, 3.8) is 0 Å². The van der Waals surface area contributed by atoms with Crippen LogP contribution in [0.4, 0.5) is 0 Å². The molecule has 0 atom stereocenters. The molecule has 0 aliphatic carbocycles. The van der Waals surface area contributed by atoms with Gasteiger partial charge < -0.3 is 4.74 Å². The van der Waals surface area contributed by atoms with Gasteiger partial charge in [0.05, 0.1) is 6.61 Å². The molecule has 0 amide bonds. The van der Waals surface area contributed by atoms with Crippen molar-refractivity contribution in [2.45, 2.75) is 142 Å². The van der Waals surface area contributed by atoms with Crippen molar-refractivity contribution in [1.29, 1.82) is 0 Å². The van der Waals surface area contributed by atoms with Crippen molar-refractivity contribution in [1.82, 2.24) is 0 Å². The van der Waals surface area contributed by atoms with Crippen molar-refractivity contribution in [2.75, 3.05) is 6.61 Å². The molecule has 156 valence electrons. The molecule has 0 rings (SSSR count). The Morgan fingerprint density at radius 3 is 1.27 bits per heavy atom. The van der Waals surface area contributed by atoms with E-state index in [1.54, 1.807) is 0 Å². The predicted molar refractivity (Wildman–Crippen MR) is 115 cm³/mol. The number of rotatable bonds is 21. The Bertz CT molecular complexity index is 275. The minimum absolute atomic E-state index is 0.0175. The lowest BCUT2D eigenvalue weighted by atomic mass is 10.1. The zero-order valence-electron chi connectivity index (χ0n) is 18.2. The van der Waals surface area contributed by atoms with Crippen molar-refractivity contribution in [3.8, 4) is 0 Å². The average molecular weight is 369 g/mol. The summed E-state index contributed by atoms with van der Waals surface area (Å²) in [6.45, 7) is 5.16. The summed E-state index contributed by atoms with van der Waals surface area (Å²) in [5, 5.41) is 0. The lowest BCUT2D eigenvalue weighted by molar-refractivity contribution is -0.143. The largest absolute Gasteiger partial charge is 0.466 e. The van der Waals surface area contributed by atoms with E-state index in [-0.39, 0.29) is 5.97 Å². The van der Waals surface area contributed by atoms with Gasteiger partial charge in [0.2, 0.25) is 0 Å². The standard InChI is InChI=1S/C24H48O2/c1-3-5-7-9-11-13-14-15-16-18-20-22-24(25)26-23-21-19-17-12-10-8-6-4-2/h3-23H2,1-2H3. The normalized spacial score (nSPS) is 11.0. The fourth-order valence-corrected chi connectivity index (χ4v) is 3.43. The third-order valence-electron chi connectivity index (χ3n) is 5.25. The van der Waals surface area contributed by atoms with Gasteiger partial charge in [-0.15, -0.1) is 0 Å². The molecule has 0 saturated heterocycles. The van der Waals surface area contributed by atoms with E-state index in [4.69, 9.17) is 4.74 Å². The van der Waals surface area contributed by atoms with Gasteiger partial charge in [-0.2, -0.15) is 0 Å². The molecule has 0 fully saturated rings. The molecule has 0 spiro atoms. The molecule has 0 bridgehead atoms. The van der Waals surface area contributed by atoms with Crippen LogP contribution in [-0.2, 0) is 9.53 Å². The molecule has 0 radical (unpaired) electrons. The molecular formula is C24H48O2. The van der Waals surface area contributed by atoms with Crippen LogP contribution in [0.3, 0.4) is 0 Å².